The lowest BCUT2D eigenvalue weighted by molar-refractivity contribution is -0.129. The molecular weight excluding hydrogens is 486 g/mol. The summed E-state index contributed by atoms with van der Waals surface area (Å²) in [6.07, 6.45) is 7.73. The summed E-state index contributed by atoms with van der Waals surface area (Å²) in [4.78, 5) is 25.4. The van der Waals surface area contributed by atoms with E-state index in [2.05, 4.69) is 17.0 Å². The monoisotopic (exact) mass is 528 g/mol. The molecule has 1 amide bonds. The maximum absolute atomic E-state index is 13.2. The van der Waals surface area contributed by atoms with Crippen molar-refractivity contribution < 1.29 is 32.4 Å². The van der Waals surface area contributed by atoms with Crippen LogP contribution in [0.25, 0.3) is 0 Å². The average molecular weight is 528 g/mol. The van der Waals surface area contributed by atoms with Crippen molar-refractivity contribution in [2.45, 2.75) is 95.8 Å². The summed E-state index contributed by atoms with van der Waals surface area (Å²) in [6, 6.07) is 4.26. The van der Waals surface area contributed by atoms with Crippen LogP contribution in [0.3, 0.4) is 0 Å². The van der Waals surface area contributed by atoms with E-state index in [9.17, 15) is 32.4 Å². The highest BCUT2D eigenvalue weighted by Gasteiger charge is 2.31. The van der Waals surface area contributed by atoms with Gasteiger partial charge in [0.05, 0.1) is 16.8 Å². The molecule has 204 valence electrons. The number of benzene rings is 1. The van der Waals surface area contributed by atoms with Gasteiger partial charge < -0.3 is 15.4 Å². The number of sulfonamides is 1. The molecule has 1 aromatic rings. The lowest BCUT2D eigenvalue weighted by Gasteiger charge is -2.23. The first-order chi connectivity index (χ1) is 17.0. The van der Waals surface area contributed by atoms with Crippen LogP contribution in [0, 0.1) is 17.7 Å². The molecular formula is C25H42BFN2O6S. The Kier molecular flexibility index (Phi) is 15.1. The van der Waals surface area contributed by atoms with Gasteiger partial charge in [-0.1, -0.05) is 59.3 Å². The number of amides is 1. The van der Waals surface area contributed by atoms with Gasteiger partial charge in [-0.25, -0.2) is 17.5 Å². The van der Waals surface area contributed by atoms with Crippen molar-refractivity contribution in [1.82, 2.24) is 10.0 Å². The molecule has 1 aromatic carbocycles. The highest BCUT2D eigenvalue weighted by Crippen LogP contribution is 2.15. The van der Waals surface area contributed by atoms with Crippen LogP contribution in [0.1, 0.15) is 85.0 Å². The molecule has 8 nitrogen and oxygen atoms in total. The SMILES string of the molecule is CCCCCCCCCC(=O)C[C@@H](CNS(=O)(=O)c1ccc(F)cc1)C(=O)N[C@@H](CC(C)C)B(O)O. The normalized spacial score (nSPS) is 13.4. The van der Waals surface area contributed by atoms with Crippen LogP contribution in [0.15, 0.2) is 29.2 Å². The predicted molar refractivity (Wildman–Crippen MR) is 139 cm³/mol. The van der Waals surface area contributed by atoms with Gasteiger partial charge >= 0.3 is 7.12 Å². The van der Waals surface area contributed by atoms with E-state index in [-0.39, 0.29) is 29.6 Å². The number of hydrogen-bond donors (Lipinski definition) is 4. The molecule has 1 rings (SSSR count). The third kappa shape index (κ3) is 12.9. The minimum atomic E-state index is -4.04. The van der Waals surface area contributed by atoms with Gasteiger partial charge in [-0.3, -0.25) is 9.59 Å². The molecule has 0 saturated carbocycles. The molecule has 4 N–H and O–H groups in total. The minimum absolute atomic E-state index is 0.0616. The quantitative estimate of drug-likeness (QED) is 0.161. The second kappa shape index (κ2) is 16.8. The molecule has 0 aromatic heterocycles. The Labute approximate surface area is 215 Å². The maximum atomic E-state index is 13.2. The first-order valence-electron chi connectivity index (χ1n) is 12.9. The smallest absolute Gasteiger partial charge is 0.426 e. The lowest BCUT2D eigenvalue weighted by atomic mass is 9.74. The van der Waals surface area contributed by atoms with Gasteiger partial charge in [-0.15, -0.1) is 0 Å². The van der Waals surface area contributed by atoms with E-state index in [4.69, 9.17) is 0 Å². The molecule has 0 radical (unpaired) electrons. The Morgan fingerprint density at radius 2 is 1.58 bits per heavy atom. The standard InChI is InChI=1S/C25H42BFN2O6S/c1-4-5-6-7-8-9-10-11-22(30)17-20(25(31)29-24(26(32)33)16-19(2)3)18-28-36(34,35)23-14-12-21(27)13-15-23/h12-15,19-20,24,28,32-33H,4-11,16-18H2,1-3H3,(H,29,31)/t20-,24-/m0/s1. The molecule has 0 aliphatic heterocycles. The van der Waals surface area contributed by atoms with Crippen LogP contribution in [-0.2, 0) is 19.6 Å². The fourth-order valence-corrected chi connectivity index (χ4v) is 4.97. The van der Waals surface area contributed by atoms with Crippen molar-refractivity contribution in [2.24, 2.45) is 11.8 Å². The highest BCUT2D eigenvalue weighted by atomic mass is 32.2. The molecule has 11 heteroatoms. The zero-order valence-electron chi connectivity index (χ0n) is 21.7. The van der Waals surface area contributed by atoms with Crippen molar-refractivity contribution in [3.8, 4) is 0 Å². The Morgan fingerprint density at radius 1 is 1.00 bits per heavy atom. The number of rotatable bonds is 19. The largest absolute Gasteiger partial charge is 0.475 e. The number of halogens is 1. The summed E-state index contributed by atoms with van der Waals surface area (Å²) in [5.41, 5.74) is 0. The van der Waals surface area contributed by atoms with Gasteiger partial charge in [0.2, 0.25) is 15.9 Å². The molecule has 0 aliphatic rings. The van der Waals surface area contributed by atoms with Gasteiger partial charge in [-0.05, 0) is 43.0 Å². The van der Waals surface area contributed by atoms with Crippen LogP contribution in [0.4, 0.5) is 4.39 Å². The molecule has 0 unspecified atom stereocenters. The first kappa shape index (κ1) is 32.2. The van der Waals surface area contributed by atoms with E-state index >= 15 is 0 Å². The molecule has 0 heterocycles. The number of unbranched alkanes of at least 4 members (excludes halogenated alkanes) is 6. The van der Waals surface area contributed by atoms with E-state index in [1.54, 1.807) is 0 Å². The fourth-order valence-electron chi connectivity index (χ4n) is 3.88. The average Bonchev–Trinajstić information content (AvgIpc) is 2.80. The summed E-state index contributed by atoms with van der Waals surface area (Å²) < 4.78 is 40.7. The Morgan fingerprint density at radius 3 is 2.14 bits per heavy atom. The number of hydrogen-bond acceptors (Lipinski definition) is 6. The van der Waals surface area contributed by atoms with Crippen LogP contribution in [0.2, 0.25) is 0 Å². The van der Waals surface area contributed by atoms with E-state index in [1.165, 1.54) is 12.8 Å². The second-order valence-electron chi connectivity index (χ2n) is 9.78. The molecule has 0 bridgehead atoms. The Bertz CT molecular complexity index is 896. The number of Topliss-reactive ketones (excluding diaryl/α,β-unsaturated/α-hetero) is 1. The molecule has 0 spiro atoms. The van der Waals surface area contributed by atoms with Crippen LogP contribution >= 0.6 is 0 Å². The topological polar surface area (TPSA) is 133 Å². The summed E-state index contributed by atoms with van der Waals surface area (Å²) in [7, 11) is -5.84. The van der Waals surface area contributed by atoms with E-state index in [1.807, 2.05) is 13.8 Å². The van der Waals surface area contributed by atoms with Crippen molar-refractivity contribution in [3.63, 3.8) is 0 Å². The van der Waals surface area contributed by atoms with Crippen molar-refractivity contribution in [1.29, 1.82) is 0 Å². The third-order valence-electron chi connectivity index (χ3n) is 5.96. The van der Waals surface area contributed by atoms with Crippen LogP contribution in [0.5, 0.6) is 0 Å². The summed E-state index contributed by atoms with van der Waals surface area (Å²) >= 11 is 0. The molecule has 0 saturated heterocycles. The van der Waals surface area contributed by atoms with Gasteiger partial charge in [0.1, 0.15) is 11.6 Å². The molecule has 0 fully saturated rings. The summed E-state index contributed by atoms with van der Waals surface area (Å²) in [5.74, 6) is -3.30. The lowest BCUT2D eigenvalue weighted by Crippen LogP contribution is -2.50. The number of nitrogens with one attached hydrogen (secondary N) is 2. The summed E-state index contributed by atoms with van der Waals surface area (Å²) in [6.45, 7) is 5.52. The highest BCUT2D eigenvalue weighted by molar-refractivity contribution is 7.89. The fraction of sp³-hybridized carbons (Fsp3) is 0.680. The number of carbonyl (C=O) groups is 2. The Balaban J connectivity index is 2.82. The first-order valence-corrected chi connectivity index (χ1v) is 14.4. The molecule has 0 aliphatic carbocycles. The van der Waals surface area contributed by atoms with E-state index < -0.39 is 40.7 Å². The van der Waals surface area contributed by atoms with Gasteiger partial charge in [0, 0.05) is 19.4 Å². The van der Waals surface area contributed by atoms with E-state index in [0.717, 1.165) is 49.9 Å². The second-order valence-corrected chi connectivity index (χ2v) is 11.5. The number of carbonyl (C=O) groups excluding carboxylic acids is 2. The molecule has 2 atom stereocenters. The summed E-state index contributed by atoms with van der Waals surface area (Å²) in [5, 5.41) is 21.9. The van der Waals surface area contributed by atoms with Gasteiger partial charge in [0.25, 0.3) is 0 Å². The maximum Gasteiger partial charge on any atom is 0.475 e. The van der Waals surface area contributed by atoms with Crippen LogP contribution < -0.4 is 10.0 Å². The van der Waals surface area contributed by atoms with Crippen molar-refractivity contribution in [3.05, 3.63) is 30.1 Å². The van der Waals surface area contributed by atoms with E-state index in [0.29, 0.717) is 19.3 Å². The predicted octanol–water partition coefficient (Wildman–Crippen LogP) is 3.36. The van der Waals surface area contributed by atoms with Gasteiger partial charge in [0.15, 0.2) is 0 Å². The minimum Gasteiger partial charge on any atom is -0.426 e. The van der Waals surface area contributed by atoms with Gasteiger partial charge in [-0.2, -0.15) is 0 Å². The zero-order valence-corrected chi connectivity index (χ0v) is 22.5. The van der Waals surface area contributed by atoms with Crippen LogP contribution in [-0.4, -0.2) is 49.8 Å². The third-order valence-corrected chi connectivity index (χ3v) is 7.40. The Hall–Kier alpha value is -1.82. The zero-order chi connectivity index (χ0) is 27.1. The van der Waals surface area contributed by atoms with Crippen molar-refractivity contribution >= 4 is 28.8 Å². The number of ketones is 1. The van der Waals surface area contributed by atoms with Crippen molar-refractivity contribution in [2.75, 3.05) is 6.54 Å². The molecule has 36 heavy (non-hydrogen) atoms.